The molecule has 0 aliphatic rings. The molecule has 0 radical (unpaired) electrons. The summed E-state index contributed by atoms with van der Waals surface area (Å²) < 4.78 is 0.939. The summed E-state index contributed by atoms with van der Waals surface area (Å²) in [6.07, 6.45) is 5.43. The molecule has 0 spiro atoms. The van der Waals surface area contributed by atoms with Gasteiger partial charge < -0.3 is 4.90 Å². The fraction of sp³-hybridized carbons (Fsp3) is 0.200. The van der Waals surface area contributed by atoms with Crippen LogP contribution in [0.25, 0.3) is 0 Å². The van der Waals surface area contributed by atoms with Gasteiger partial charge in [0.25, 0.3) is 0 Å². The van der Waals surface area contributed by atoms with Crippen LogP contribution >= 0.6 is 15.9 Å². The Labute approximate surface area is 121 Å². The number of aldehydes is 1. The first-order valence-electron chi connectivity index (χ1n) is 6.05. The van der Waals surface area contributed by atoms with Crippen molar-refractivity contribution in [2.45, 2.75) is 6.42 Å². The van der Waals surface area contributed by atoms with Crippen molar-refractivity contribution in [1.82, 2.24) is 4.98 Å². The van der Waals surface area contributed by atoms with E-state index in [1.165, 1.54) is 5.56 Å². The third-order valence-corrected chi connectivity index (χ3v) is 3.64. The van der Waals surface area contributed by atoms with E-state index < -0.39 is 0 Å². The molecule has 2 rings (SSSR count). The molecule has 4 heteroatoms. The Morgan fingerprint density at radius 3 is 2.63 bits per heavy atom. The van der Waals surface area contributed by atoms with E-state index in [0.29, 0.717) is 5.56 Å². The fourth-order valence-corrected chi connectivity index (χ4v) is 2.57. The van der Waals surface area contributed by atoms with E-state index in [2.05, 4.69) is 25.8 Å². The maximum absolute atomic E-state index is 10.7. The molecule has 0 bridgehead atoms. The van der Waals surface area contributed by atoms with Crippen LogP contribution in [0.5, 0.6) is 0 Å². The van der Waals surface area contributed by atoms with Crippen LogP contribution in [-0.4, -0.2) is 24.9 Å². The molecule has 0 saturated heterocycles. The molecule has 0 aliphatic carbocycles. The van der Waals surface area contributed by atoms with Crippen LogP contribution in [0.1, 0.15) is 15.9 Å². The van der Waals surface area contributed by atoms with E-state index in [1.807, 2.05) is 49.8 Å². The molecule has 0 N–H and O–H groups in total. The second-order valence-electron chi connectivity index (χ2n) is 4.36. The first kappa shape index (κ1) is 13.7. The highest BCUT2D eigenvalue weighted by molar-refractivity contribution is 9.10. The Hall–Kier alpha value is -1.68. The van der Waals surface area contributed by atoms with Gasteiger partial charge in [0.1, 0.15) is 6.29 Å². The van der Waals surface area contributed by atoms with Crippen LogP contribution in [0.15, 0.2) is 47.2 Å². The Kier molecular flexibility index (Phi) is 4.68. The summed E-state index contributed by atoms with van der Waals surface area (Å²) in [5, 5.41) is 0. The minimum Gasteiger partial charge on any atom is -0.373 e. The Morgan fingerprint density at radius 1 is 1.26 bits per heavy atom. The van der Waals surface area contributed by atoms with Gasteiger partial charge in [-0.1, -0.05) is 0 Å². The van der Waals surface area contributed by atoms with Crippen molar-refractivity contribution >= 4 is 27.9 Å². The predicted octanol–water partition coefficient (Wildman–Crippen LogP) is 3.34. The molecule has 0 aliphatic heterocycles. The van der Waals surface area contributed by atoms with Crippen LogP contribution in [0.4, 0.5) is 5.69 Å². The number of benzene rings is 1. The third kappa shape index (κ3) is 3.64. The summed E-state index contributed by atoms with van der Waals surface area (Å²) in [5.41, 5.74) is 3.03. The van der Waals surface area contributed by atoms with Crippen LogP contribution in [0, 0.1) is 0 Å². The molecular formula is C15H15BrN2O. The van der Waals surface area contributed by atoms with Gasteiger partial charge in [-0.05, 0) is 58.2 Å². The number of pyridine rings is 1. The molecule has 2 aromatic rings. The van der Waals surface area contributed by atoms with Gasteiger partial charge in [0.2, 0.25) is 0 Å². The van der Waals surface area contributed by atoms with Gasteiger partial charge in [-0.25, -0.2) is 0 Å². The van der Waals surface area contributed by atoms with E-state index in [1.54, 1.807) is 0 Å². The van der Waals surface area contributed by atoms with Crippen LogP contribution < -0.4 is 4.90 Å². The van der Waals surface area contributed by atoms with Crippen molar-refractivity contribution in [2.75, 3.05) is 18.5 Å². The first-order valence-corrected chi connectivity index (χ1v) is 6.85. The molecule has 19 heavy (non-hydrogen) atoms. The van der Waals surface area contributed by atoms with Crippen molar-refractivity contribution in [3.8, 4) is 0 Å². The average molecular weight is 319 g/mol. The lowest BCUT2D eigenvalue weighted by atomic mass is 10.1. The van der Waals surface area contributed by atoms with E-state index in [0.717, 1.165) is 29.4 Å². The molecule has 0 amide bonds. The summed E-state index contributed by atoms with van der Waals surface area (Å²) in [6, 6.07) is 9.68. The van der Waals surface area contributed by atoms with Crippen molar-refractivity contribution in [1.29, 1.82) is 0 Å². The number of carbonyl (C=O) groups excluding carboxylic acids is 1. The second kappa shape index (κ2) is 6.48. The Morgan fingerprint density at radius 2 is 2.00 bits per heavy atom. The fourth-order valence-electron chi connectivity index (χ4n) is 1.87. The zero-order valence-electron chi connectivity index (χ0n) is 10.7. The molecule has 0 atom stereocenters. The first-order chi connectivity index (χ1) is 9.20. The number of hydrogen-bond acceptors (Lipinski definition) is 3. The Balaban J connectivity index is 2.04. The summed E-state index contributed by atoms with van der Waals surface area (Å²) >= 11 is 3.50. The number of rotatable bonds is 5. The number of carbonyl (C=O) groups is 1. The summed E-state index contributed by atoms with van der Waals surface area (Å²) in [5.74, 6) is 0. The highest BCUT2D eigenvalue weighted by Gasteiger charge is 2.06. The van der Waals surface area contributed by atoms with Crippen molar-refractivity contribution < 1.29 is 4.79 Å². The van der Waals surface area contributed by atoms with E-state index in [9.17, 15) is 4.79 Å². The molecule has 1 aromatic heterocycles. The third-order valence-electron chi connectivity index (χ3n) is 3.00. The lowest BCUT2D eigenvalue weighted by Crippen LogP contribution is -2.20. The summed E-state index contributed by atoms with van der Waals surface area (Å²) in [6.45, 7) is 0.906. The SMILES string of the molecule is CN(CCc1ccncc1)c1ccc(C=O)cc1Br. The summed E-state index contributed by atoms with van der Waals surface area (Å²) in [4.78, 5) is 16.9. The van der Waals surface area contributed by atoms with E-state index in [4.69, 9.17) is 0 Å². The molecule has 98 valence electrons. The molecule has 1 heterocycles. The van der Waals surface area contributed by atoms with Gasteiger partial charge >= 0.3 is 0 Å². The van der Waals surface area contributed by atoms with E-state index >= 15 is 0 Å². The second-order valence-corrected chi connectivity index (χ2v) is 5.21. The lowest BCUT2D eigenvalue weighted by molar-refractivity contribution is 0.112. The number of anilines is 1. The van der Waals surface area contributed by atoms with Gasteiger partial charge in [0.15, 0.2) is 0 Å². The molecule has 3 nitrogen and oxygen atoms in total. The Bertz CT molecular complexity index is 557. The predicted molar refractivity (Wildman–Crippen MR) is 80.7 cm³/mol. The zero-order chi connectivity index (χ0) is 13.7. The molecule has 0 saturated carbocycles. The van der Waals surface area contributed by atoms with Crippen LogP contribution in [-0.2, 0) is 6.42 Å². The number of halogens is 1. The van der Waals surface area contributed by atoms with Crippen molar-refractivity contribution in [3.63, 3.8) is 0 Å². The molecular weight excluding hydrogens is 304 g/mol. The lowest BCUT2D eigenvalue weighted by Gasteiger charge is -2.21. The van der Waals surface area contributed by atoms with Gasteiger partial charge in [0.05, 0.1) is 5.69 Å². The highest BCUT2D eigenvalue weighted by Crippen LogP contribution is 2.26. The van der Waals surface area contributed by atoms with Gasteiger partial charge in [0, 0.05) is 36.0 Å². The monoisotopic (exact) mass is 318 g/mol. The van der Waals surface area contributed by atoms with Crippen molar-refractivity contribution in [2.24, 2.45) is 0 Å². The van der Waals surface area contributed by atoms with Gasteiger partial charge in [-0.2, -0.15) is 0 Å². The maximum atomic E-state index is 10.7. The highest BCUT2D eigenvalue weighted by atomic mass is 79.9. The average Bonchev–Trinajstić information content (AvgIpc) is 2.45. The summed E-state index contributed by atoms with van der Waals surface area (Å²) in [7, 11) is 2.04. The quantitative estimate of drug-likeness (QED) is 0.793. The normalized spacial score (nSPS) is 10.2. The molecule has 0 unspecified atom stereocenters. The molecule has 0 fully saturated rings. The minimum atomic E-state index is 0.679. The van der Waals surface area contributed by atoms with Crippen molar-refractivity contribution in [3.05, 3.63) is 58.3 Å². The number of nitrogens with zero attached hydrogens (tertiary/aromatic N) is 2. The zero-order valence-corrected chi connectivity index (χ0v) is 12.3. The van der Waals surface area contributed by atoms with Crippen LogP contribution in [0.3, 0.4) is 0 Å². The number of aromatic nitrogens is 1. The minimum absolute atomic E-state index is 0.679. The van der Waals surface area contributed by atoms with E-state index in [-0.39, 0.29) is 0 Å². The number of likely N-dealkylation sites (N-methyl/N-ethyl adjacent to an activating group) is 1. The maximum Gasteiger partial charge on any atom is 0.150 e. The standard InChI is InChI=1S/C15H15BrN2O/c1-18(9-6-12-4-7-17-8-5-12)15-3-2-13(11-19)10-14(15)16/h2-5,7-8,10-11H,6,9H2,1H3. The topological polar surface area (TPSA) is 33.2 Å². The number of hydrogen-bond donors (Lipinski definition) is 0. The van der Waals surface area contributed by atoms with Gasteiger partial charge in [-0.3, -0.25) is 9.78 Å². The van der Waals surface area contributed by atoms with Gasteiger partial charge in [-0.15, -0.1) is 0 Å². The largest absolute Gasteiger partial charge is 0.373 e. The molecule has 1 aromatic carbocycles. The smallest absolute Gasteiger partial charge is 0.150 e. The van der Waals surface area contributed by atoms with Crippen LogP contribution in [0.2, 0.25) is 0 Å².